The van der Waals surface area contributed by atoms with Crippen LogP contribution < -0.4 is 15.8 Å². The molecule has 0 aliphatic rings. The van der Waals surface area contributed by atoms with Crippen LogP contribution in [0.2, 0.25) is 0 Å². The van der Waals surface area contributed by atoms with Gasteiger partial charge >= 0.3 is 0 Å². The molecule has 0 aliphatic carbocycles. The van der Waals surface area contributed by atoms with Crippen molar-refractivity contribution in [3.8, 4) is 5.75 Å². The van der Waals surface area contributed by atoms with E-state index in [2.05, 4.69) is 15.5 Å². The van der Waals surface area contributed by atoms with Crippen molar-refractivity contribution in [2.75, 3.05) is 18.2 Å². The number of rotatable bonds is 3. The van der Waals surface area contributed by atoms with Gasteiger partial charge in [0.05, 0.1) is 29.2 Å². The van der Waals surface area contributed by atoms with Crippen molar-refractivity contribution in [2.24, 2.45) is 0 Å². The van der Waals surface area contributed by atoms with Crippen LogP contribution in [0.15, 0.2) is 48.5 Å². The standard InChI is InChI=1S/C17H15N5O/c1-23-13-9-5-4-8-12(13)20-17-14-15(21-22-16(14)18)10-6-2-3-7-11(10)19-17/h2-9H,1H3,(H,19,20)(H3,18,21,22). The third-order valence-electron chi connectivity index (χ3n) is 3.80. The molecule has 2 aromatic carbocycles. The van der Waals surface area contributed by atoms with E-state index in [-0.39, 0.29) is 0 Å². The molecule has 6 heteroatoms. The highest BCUT2D eigenvalue weighted by atomic mass is 16.5. The van der Waals surface area contributed by atoms with Gasteiger partial charge in [-0.3, -0.25) is 5.10 Å². The number of H-pyrrole nitrogens is 1. The molecule has 0 bridgehead atoms. The Bertz CT molecular complexity index is 1010. The van der Waals surface area contributed by atoms with Crippen LogP contribution in [-0.2, 0) is 0 Å². The summed E-state index contributed by atoms with van der Waals surface area (Å²) >= 11 is 0. The molecule has 0 amide bonds. The van der Waals surface area contributed by atoms with Gasteiger partial charge in [-0.15, -0.1) is 0 Å². The van der Waals surface area contributed by atoms with E-state index < -0.39 is 0 Å². The smallest absolute Gasteiger partial charge is 0.156 e. The van der Waals surface area contributed by atoms with Gasteiger partial charge < -0.3 is 15.8 Å². The van der Waals surface area contributed by atoms with Crippen molar-refractivity contribution in [2.45, 2.75) is 0 Å². The first kappa shape index (κ1) is 13.4. The normalized spacial score (nSPS) is 11.0. The van der Waals surface area contributed by atoms with Gasteiger partial charge in [-0.1, -0.05) is 30.3 Å². The second kappa shape index (κ2) is 5.17. The maximum Gasteiger partial charge on any atom is 0.156 e. The van der Waals surface area contributed by atoms with Gasteiger partial charge in [0.25, 0.3) is 0 Å². The lowest BCUT2D eigenvalue weighted by molar-refractivity contribution is 0.417. The van der Waals surface area contributed by atoms with E-state index in [0.29, 0.717) is 11.6 Å². The topological polar surface area (TPSA) is 88.8 Å². The summed E-state index contributed by atoms with van der Waals surface area (Å²) in [6.07, 6.45) is 0. The van der Waals surface area contributed by atoms with Gasteiger partial charge in [-0.25, -0.2) is 4.98 Å². The molecular weight excluding hydrogens is 290 g/mol. The lowest BCUT2D eigenvalue weighted by Crippen LogP contribution is -1.99. The Labute approximate surface area is 132 Å². The summed E-state index contributed by atoms with van der Waals surface area (Å²) < 4.78 is 5.38. The molecule has 4 N–H and O–H groups in total. The summed E-state index contributed by atoms with van der Waals surface area (Å²) in [7, 11) is 1.64. The monoisotopic (exact) mass is 305 g/mol. The molecular formula is C17H15N5O. The number of benzene rings is 2. The number of ether oxygens (including phenoxy) is 1. The van der Waals surface area contributed by atoms with E-state index in [1.807, 2.05) is 48.5 Å². The number of nitrogens with one attached hydrogen (secondary N) is 2. The molecule has 0 radical (unpaired) electrons. The summed E-state index contributed by atoms with van der Waals surface area (Å²) in [6.45, 7) is 0. The number of para-hydroxylation sites is 3. The summed E-state index contributed by atoms with van der Waals surface area (Å²) in [5.41, 5.74) is 8.59. The number of hydrogen-bond donors (Lipinski definition) is 3. The third-order valence-corrected chi connectivity index (χ3v) is 3.80. The van der Waals surface area contributed by atoms with Gasteiger partial charge in [0.1, 0.15) is 11.6 Å². The average Bonchev–Trinajstić information content (AvgIpc) is 2.98. The highest BCUT2D eigenvalue weighted by molar-refractivity contribution is 6.12. The van der Waals surface area contributed by atoms with E-state index >= 15 is 0 Å². The molecule has 0 unspecified atom stereocenters. The second-order valence-corrected chi connectivity index (χ2v) is 5.16. The number of methoxy groups -OCH3 is 1. The Kier molecular flexibility index (Phi) is 3.01. The first-order valence-electron chi connectivity index (χ1n) is 7.20. The van der Waals surface area contributed by atoms with E-state index in [1.165, 1.54) is 0 Å². The van der Waals surface area contributed by atoms with Gasteiger partial charge in [0, 0.05) is 5.39 Å². The molecule has 0 saturated heterocycles. The molecule has 2 heterocycles. The lowest BCUT2D eigenvalue weighted by atomic mass is 10.1. The first-order valence-corrected chi connectivity index (χ1v) is 7.20. The van der Waals surface area contributed by atoms with E-state index in [1.54, 1.807) is 7.11 Å². The molecule has 114 valence electrons. The molecule has 6 nitrogen and oxygen atoms in total. The zero-order chi connectivity index (χ0) is 15.8. The molecule has 0 atom stereocenters. The van der Waals surface area contributed by atoms with Crippen LogP contribution >= 0.6 is 0 Å². The Morgan fingerprint density at radius 1 is 1.09 bits per heavy atom. The van der Waals surface area contributed by atoms with E-state index in [9.17, 15) is 0 Å². The summed E-state index contributed by atoms with van der Waals surface area (Å²) in [5, 5.41) is 12.2. The molecule has 4 rings (SSSR count). The van der Waals surface area contributed by atoms with Gasteiger partial charge in [-0.05, 0) is 18.2 Å². The number of nitrogens with zero attached hydrogens (tertiary/aromatic N) is 2. The second-order valence-electron chi connectivity index (χ2n) is 5.16. The third kappa shape index (κ3) is 2.12. The fourth-order valence-electron chi connectivity index (χ4n) is 2.72. The SMILES string of the molecule is COc1ccccc1Nc1nc2ccccc2c2[nH]nc(N)c12. The molecule has 0 spiro atoms. The maximum atomic E-state index is 6.04. The number of nitrogen functional groups attached to an aromatic ring is 1. The van der Waals surface area contributed by atoms with E-state index in [4.69, 9.17) is 15.5 Å². The molecule has 0 saturated carbocycles. The highest BCUT2D eigenvalue weighted by Gasteiger charge is 2.15. The fraction of sp³-hybridized carbons (Fsp3) is 0.0588. The molecule has 0 aliphatic heterocycles. The minimum atomic E-state index is 0.413. The summed E-state index contributed by atoms with van der Waals surface area (Å²) in [4.78, 5) is 4.70. The minimum absolute atomic E-state index is 0.413. The van der Waals surface area contributed by atoms with Crippen LogP contribution in [-0.4, -0.2) is 22.3 Å². The van der Waals surface area contributed by atoms with Crippen LogP contribution in [0.5, 0.6) is 5.75 Å². The number of aromatic amines is 1. The largest absolute Gasteiger partial charge is 0.495 e. The van der Waals surface area contributed by atoms with Crippen LogP contribution in [0, 0.1) is 0 Å². The predicted octanol–water partition coefficient (Wildman–Crippen LogP) is 3.45. The van der Waals surface area contributed by atoms with Crippen molar-refractivity contribution < 1.29 is 4.74 Å². The first-order chi connectivity index (χ1) is 11.3. The maximum absolute atomic E-state index is 6.04. The zero-order valence-electron chi connectivity index (χ0n) is 12.5. The van der Waals surface area contributed by atoms with Crippen molar-refractivity contribution in [1.29, 1.82) is 0 Å². The quantitative estimate of drug-likeness (QED) is 0.539. The highest BCUT2D eigenvalue weighted by Crippen LogP contribution is 2.35. The number of pyridine rings is 1. The molecule has 23 heavy (non-hydrogen) atoms. The van der Waals surface area contributed by atoms with Gasteiger partial charge in [0.2, 0.25) is 0 Å². The average molecular weight is 305 g/mol. The van der Waals surface area contributed by atoms with Crippen molar-refractivity contribution in [1.82, 2.24) is 15.2 Å². The Balaban J connectivity index is 1.96. The molecule has 2 aromatic heterocycles. The van der Waals surface area contributed by atoms with E-state index in [0.717, 1.165) is 33.2 Å². The summed E-state index contributed by atoms with van der Waals surface area (Å²) in [6, 6.07) is 15.5. The molecule has 0 fully saturated rings. The Hall–Kier alpha value is -3.28. The zero-order valence-corrected chi connectivity index (χ0v) is 12.5. The van der Waals surface area contributed by atoms with Gasteiger partial charge in [0.15, 0.2) is 5.82 Å². The summed E-state index contributed by atoms with van der Waals surface area (Å²) in [5.74, 6) is 1.79. The number of aromatic nitrogens is 3. The number of hydrogen-bond acceptors (Lipinski definition) is 5. The number of nitrogens with two attached hydrogens (primary N) is 1. The lowest BCUT2D eigenvalue weighted by Gasteiger charge is -2.12. The number of anilines is 3. The number of fused-ring (bicyclic) bond motifs is 3. The molecule has 4 aromatic rings. The van der Waals surface area contributed by atoms with Crippen molar-refractivity contribution in [3.63, 3.8) is 0 Å². The van der Waals surface area contributed by atoms with Crippen molar-refractivity contribution >= 4 is 39.1 Å². The fourth-order valence-corrected chi connectivity index (χ4v) is 2.72. The van der Waals surface area contributed by atoms with Crippen LogP contribution in [0.3, 0.4) is 0 Å². The predicted molar refractivity (Wildman–Crippen MR) is 92.1 cm³/mol. The van der Waals surface area contributed by atoms with Crippen molar-refractivity contribution in [3.05, 3.63) is 48.5 Å². The Morgan fingerprint density at radius 2 is 1.87 bits per heavy atom. The van der Waals surface area contributed by atoms with Crippen LogP contribution in [0.4, 0.5) is 17.3 Å². The minimum Gasteiger partial charge on any atom is -0.495 e. The van der Waals surface area contributed by atoms with Crippen LogP contribution in [0.1, 0.15) is 0 Å². The Morgan fingerprint density at radius 3 is 2.74 bits per heavy atom. The van der Waals surface area contributed by atoms with Gasteiger partial charge in [-0.2, -0.15) is 5.10 Å². The van der Waals surface area contributed by atoms with Crippen LogP contribution in [0.25, 0.3) is 21.8 Å².